The molecular formula is C28H29Cl2IN2O8. The maximum Gasteiger partial charge on any atom is 0.290 e. The molecular weight excluding hydrogens is 690 g/mol. The number of nitrogens with one attached hydrogen (secondary N) is 1. The Bertz CT molecular complexity index is 1350. The number of halogens is 3. The second-order valence-electron chi connectivity index (χ2n) is 9.11. The maximum absolute atomic E-state index is 13.4. The van der Waals surface area contributed by atoms with Crippen molar-refractivity contribution in [2.75, 3.05) is 20.3 Å². The first-order valence-corrected chi connectivity index (χ1v) is 14.4. The topological polar surface area (TPSA) is 142 Å². The molecule has 13 heteroatoms. The minimum atomic E-state index is -1.41. The monoisotopic (exact) mass is 718 g/mol. The Hall–Kier alpha value is -2.71. The molecule has 0 spiro atoms. The average Bonchev–Trinajstić information content (AvgIpc) is 2.96. The second-order valence-corrected chi connectivity index (χ2v) is 11.1. The van der Waals surface area contributed by atoms with Crippen LogP contribution in [0.3, 0.4) is 0 Å². The Morgan fingerprint density at radius 2 is 1.95 bits per heavy atom. The summed E-state index contributed by atoms with van der Waals surface area (Å²) in [7, 11) is 1.39. The van der Waals surface area contributed by atoms with E-state index in [1.54, 1.807) is 25.1 Å². The predicted octanol–water partition coefficient (Wildman–Crippen LogP) is 3.34. The van der Waals surface area contributed by atoms with Crippen LogP contribution in [0.4, 0.5) is 0 Å². The highest BCUT2D eigenvalue weighted by molar-refractivity contribution is 14.1. The first-order chi connectivity index (χ1) is 19.5. The van der Waals surface area contributed by atoms with Crippen molar-refractivity contribution in [1.29, 1.82) is 0 Å². The number of aliphatic hydroxyl groups is 2. The quantitative estimate of drug-likeness (QED) is 0.172. The zero-order valence-electron chi connectivity index (χ0n) is 22.2. The van der Waals surface area contributed by atoms with Crippen LogP contribution in [-0.2, 0) is 20.9 Å². The number of Topliss-reactive ketones (excluding diaryl/α,β-unsaturated/α-hetero) is 1. The number of aldehydes is 1. The van der Waals surface area contributed by atoms with E-state index in [9.17, 15) is 29.4 Å². The number of rotatable bonds is 12. The molecule has 3 rings (SSSR count). The van der Waals surface area contributed by atoms with Gasteiger partial charge in [0, 0.05) is 47.1 Å². The zero-order valence-corrected chi connectivity index (χ0v) is 25.9. The minimum Gasteiger partial charge on any atom is -0.493 e. The lowest BCUT2D eigenvalue weighted by Gasteiger charge is -2.40. The lowest BCUT2D eigenvalue weighted by molar-refractivity contribution is -0.149. The number of ether oxygens (including phenoxy) is 2. The van der Waals surface area contributed by atoms with Crippen molar-refractivity contribution >= 4 is 69.7 Å². The summed E-state index contributed by atoms with van der Waals surface area (Å²) in [6.45, 7) is 1.07. The molecule has 0 radical (unpaired) electrons. The summed E-state index contributed by atoms with van der Waals surface area (Å²) in [5.41, 5.74) is 0.982. The number of nitrogens with zero attached hydrogens (tertiary/aromatic N) is 1. The normalized spacial score (nSPS) is 18.2. The molecule has 2 aromatic rings. The first-order valence-electron chi connectivity index (χ1n) is 12.6. The van der Waals surface area contributed by atoms with Gasteiger partial charge in [-0.2, -0.15) is 0 Å². The number of methoxy groups -OCH3 is 1. The molecule has 0 saturated carbocycles. The van der Waals surface area contributed by atoms with Gasteiger partial charge in [0.05, 0.1) is 23.3 Å². The molecule has 2 aromatic carbocycles. The summed E-state index contributed by atoms with van der Waals surface area (Å²) >= 11 is 14.4. The molecule has 3 atom stereocenters. The maximum atomic E-state index is 13.4. The lowest BCUT2D eigenvalue weighted by atomic mass is 9.87. The van der Waals surface area contributed by atoms with Crippen molar-refractivity contribution in [3.63, 3.8) is 0 Å². The summed E-state index contributed by atoms with van der Waals surface area (Å²) in [6.07, 6.45) is -0.707. The summed E-state index contributed by atoms with van der Waals surface area (Å²) in [5, 5.41) is 24.0. The van der Waals surface area contributed by atoms with Crippen molar-refractivity contribution in [1.82, 2.24) is 10.2 Å². The Balaban J connectivity index is 2.09. The van der Waals surface area contributed by atoms with E-state index >= 15 is 0 Å². The van der Waals surface area contributed by atoms with Gasteiger partial charge in [0.25, 0.3) is 5.91 Å². The average molecular weight is 719 g/mol. The Morgan fingerprint density at radius 1 is 1.22 bits per heavy atom. The van der Waals surface area contributed by atoms with Crippen LogP contribution < -0.4 is 14.8 Å². The van der Waals surface area contributed by atoms with Crippen molar-refractivity contribution < 1.29 is 38.9 Å². The molecule has 0 aromatic heterocycles. The number of hydrogen-bond acceptors (Lipinski definition) is 8. The SMILES string of the molecule is CCC(=O)C(=O)N(Cc1ccc(Cl)cc1Cl)C1CC(C(=O)NCCO)=CC(Oc2c(I)cc(C=O)cc2OC)C1O. The van der Waals surface area contributed by atoms with Crippen molar-refractivity contribution in [3.8, 4) is 11.5 Å². The van der Waals surface area contributed by atoms with Crippen LogP contribution in [-0.4, -0.2) is 77.5 Å². The van der Waals surface area contributed by atoms with Crippen LogP contribution >= 0.6 is 45.8 Å². The fourth-order valence-electron chi connectivity index (χ4n) is 4.32. The van der Waals surface area contributed by atoms with Gasteiger partial charge < -0.3 is 29.9 Å². The van der Waals surface area contributed by atoms with E-state index in [2.05, 4.69) is 5.32 Å². The highest BCUT2D eigenvalue weighted by Gasteiger charge is 2.42. The first kappa shape index (κ1) is 32.8. The number of amides is 2. The van der Waals surface area contributed by atoms with E-state index in [0.29, 0.717) is 26.0 Å². The molecule has 41 heavy (non-hydrogen) atoms. The molecule has 10 nitrogen and oxygen atoms in total. The fraction of sp³-hybridized carbons (Fsp3) is 0.357. The smallest absolute Gasteiger partial charge is 0.290 e. The second kappa shape index (κ2) is 15.0. The molecule has 0 heterocycles. The molecule has 0 aliphatic heterocycles. The molecule has 2 amide bonds. The van der Waals surface area contributed by atoms with Crippen LogP contribution in [0.15, 0.2) is 42.0 Å². The van der Waals surface area contributed by atoms with Gasteiger partial charge in [-0.25, -0.2) is 0 Å². The number of benzene rings is 2. The van der Waals surface area contributed by atoms with Crippen molar-refractivity contribution in [3.05, 3.63) is 66.7 Å². The Labute approximate surface area is 260 Å². The molecule has 3 unspecified atom stereocenters. The zero-order chi connectivity index (χ0) is 30.3. The molecule has 0 fully saturated rings. The highest BCUT2D eigenvalue weighted by Crippen LogP contribution is 2.37. The van der Waals surface area contributed by atoms with E-state index in [0.717, 1.165) is 0 Å². The molecule has 3 N–H and O–H groups in total. The van der Waals surface area contributed by atoms with Crippen molar-refractivity contribution in [2.45, 2.75) is 44.6 Å². The third-order valence-electron chi connectivity index (χ3n) is 6.43. The van der Waals surface area contributed by atoms with Crippen molar-refractivity contribution in [2.24, 2.45) is 0 Å². The van der Waals surface area contributed by atoms with Crippen LogP contribution in [0, 0.1) is 3.57 Å². The van der Waals surface area contributed by atoms with Gasteiger partial charge in [0.2, 0.25) is 11.7 Å². The van der Waals surface area contributed by atoms with Gasteiger partial charge in [0.1, 0.15) is 18.5 Å². The standard InChI is InChI=1S/C28H29Cl2IN2O8/c1-3-22(36)28(39)33(13-16-4-5-18(29)12-19(16)30)21-10-17(27(38)32-6-7-34)11-23(25(21)37)41-26-20(31)8-15(14-35)9-24(26)40-2/h4-5,8-9,11-12,14,21,23,25,34,37H,3,6-7,10,13H2,1-2H3,(H,32,38). The number of hydrogen-bond donors (Lipinski definition) is 3. The van der Waals surface area contributed by atoms with Crippen LogP contribution in [0.5, 0.6) is 11.5 Å². The molecule has 220 valence electrons. The summed E-state index contributed by atoms with van der Waals surface area (Å²) in [4.78, 5) is 51.6. The summed E-state index contributed by atoms with van der Waals surface area (Å²) < 4.78 is 12.1. The third-order valence-corrected chi connectivity index (χ3v) is 7.82. The third kappa shape index (κ3) is 7.98. The fourth-order valence-corrected chi connectivity index (χ4v) is 5.54. The Morgan fingerprint density at radius 3 is 2.56 bits per heavy atom. The van der Waals surface area contributed by atoms with E-state index in [1.807, 2.05) is 22.6 Å². The minimum absolute atomic E-state index is 0.0227. The van der Waals surface area contributed by atoms with E-state index < -0.39 is 35.8 Å². The van der Waals surface area contributed by atoms with Gasteiger partial charge in [-0.3, -0.25) is 19.2 Å². The van der Waals surface area contributed by atoms with E-state index in [4.69, 9.17) is 32.7 Å². The van der Waals surface area contributed by atoms with Gasteiger partial charge in [-0.1, -0.05) is 36.2 Å². The summed E-state index contributed by atoms with van der Waals surface area (Å²) in [5.74, 6) is -1.67. The van der Waals surface area contributed by atoms with Crippen LogP contribution in [0.1, 0.15) is 35.7 Å². The van der Waals surface area contributed by atoms with E-state index in [1.165, 1.54) is 30.2 Å². The molecule has 0 saturated heterocycles. The van der Waals surface area contributed by atoms with E-state index in [-0.39, 0.29) is 54.6 Å². The molecule has 1 aliphatic rings. The highest BCUT2D eigenvalue weighted by atomic mass is 127. The predicted molar refractivity (Wildman–Crippen MR) is 160 cm³/mol. The van der Waals surface area contributed by atoms with Gasteiger partial charge in [-0.05, 0) is 58.5 Å². The summed E-state index contributed by atoms with van der Waals surface area (Å²) in [6, 6.07) is 6.63. The lowest BCUT2D eigenvalue weighted by Crippen LogP contribution is -2.56. The molecule has 0 bridgehead atoms. The van der Waals surface area contributed by atoms with Crippen LogP contribution in [0.2, 0.25) is 10.0 Å². The number of ketones is 1. The van der Waals surface area contributed by atoms with Gasteiger partial charge in [-0.15, -0.1) is 0 Å². The van der Waals surface area contributed by atoms with Gasteiger partial charge >= 0.3 is 0 Å². The Kier molecular flexibility index (Phi) is 12.0. The largest absolute Gasteiger partial charge is 0.493 e. The molecule has 1 aliphatic carbocycles. The number of aliphatic hydroxyl groups excluding tert-OH is 2. The number of carbonyl (C=O) groups is 4. The van der Waals surface area contributed by atoms with Crippen LogP contribution in [0.25, 0.3) is 0 Å². The number of carbonyl (C=O) groups excluding carboxylic acids is 4. The van der Waals surface area contributed by atoms with Gasteiger partial charge in [0.15, 0.2) is 11.5 Å².